The monoisotopic (exact) mass is 498 g/mol. The van der Waals surface area contributed by atoms with Gasteiger partial charge in [-0.25, -0.2) is 23.1 Å². The summed E-state index contributed by atoms with van der Waals surface area (Å²) in [6.45, 7) is 0.671. The molecule has 1 aromatic carbocycles. The van der Waals surface area contributed by atoms with Crippen LogP contribution >= 0.6 is 0 Å². The minimum atomic E-state index is -4.59. The summed E-state index contributed by atoms with van der Waals surface area (Å²) < 4.78 is 81.3. The number of carbonyl (C=O) groups excluding carboxylic acids is 1. The average Bonchev–Trinajstić information content (AvgIpc) is 3.31. The van der Waals surface area contributed by atoms with Crippen molar-refractivity contribution in [2.24, 2.45) is 5.92 Å². The molecule has 1 unspecified atom stereocenters. The van der Waals surface area contributed by atoms with E-state index in [-0.39, 0.29) is 29.9 Å². The SMILES string of the molecule is C[C@@H]1CC(F)(F)CN(C(=O)c2cc(F)ccc2-n2nccn2)C1CCc1ncc(C(F)(F)F)cn1. The molecule has 1 aliphatic heterocycles. The van der Waals surface area contributed by atoms with Crippen LogP contribution in [-0.2, 0) is 12.6 Å². The highest BCUT2D eigenvalue weighted by atomic mass is 19.4. The molecule has 7 nitrogen and oxygen atoms in total. The van der Waals surface area contributed by atoms with Crippen LogP contribution in [0.4, 0.5) is 26.3 Å². The summed E-state index contributed by atoms with van der Waals surface area (Å²) in [5.41, 5.74) is -1.08. The van der Waals surface area contributed by atoms with Crippen molar-refractivity contribution in [3.05, 3.63) is 65.8 Å². The zero-order valence-corrected chi connectivity index (χ0v) is 18.4. The number of benzene rings is 1. The van der Waals surface area contributed by atoms with Crippen molar-refractivity contribution in [3.63, 3.8) is 0 Å². The molecule has 1 aliphatic rings. The average molecular weight is 498 g/mol. The Morgan fingerprint density at radius 2 is 1.80 bits per heavy atom. The number of hydrogen-bond acceptors (Lipinski definition) is 5. The minimum Gasteiger partial charge on any atom is -0.329 e. The van der Waals surface area contributed by atoms with Crippen LogP contribution < -0.4 is 0 Å². The fourth-order valence-electron chi connectivity index (χ4n) is 4.26. The van der Waals surface area contributed by atoms with Crippen LogP contribution in [-0.4, -0.2) is 54.3 Å². The number of aryl methyl sites for hydroxylation is 1. The van der Waals surface area contributed by atoms with E-state index in [1.807, 2.05) is 0 Å². The predicted octanol–water partition coefficient (Wildman–Crippen LogP) is 4.33. The number of rotatable bonds is 5. The molecule has 3 heterocycles. The Kier molecular flexibility index (Phi) is 6.52. The Morgan fingerprint density at radius 1 is 1.14 bits per heavy atom. The van der Waals surface area contributed by atoms with E-state index < -0.39 is 54.3 Å². The molecular weight excluding hydrogens is 478 g/mol. The lowest BCUT2D eigenvalue weighted by molar-refractivity contribution is -0.138. The highest BCUT2D eigenvalue weighted by Gasteiger charge is 2.46. The van der Waals surface area contributed by atoms with Gasteiger partial charge in [0.25, 0.3) is 11.8 Å². The molecule has 0 radical (unpaired) electrons. The van der Waals surface area contributed by atoms with E-state index in [0.29, 0.717) is 12.4 Å². The summed E-state index contributed by atoms with van der Waals surface area (Å²) >= 11 is 0. The molecule has 1 saturated heterocycles. The third-order valence-electron chi connectivity index (χ3n) is 5.86. The Morgan fingerprint density at radius 3 is 2.43 bits per heavy atom. The van der Waals surface area contributed by atoms with Crippen molar-refractivity contribution in [3.8, 4) is 5.69 Å². The third kappa shape index (κ3) is 5.43. The van der Waals surface area contributed by atoms with Gasteiger partial charge in [0.15, 0.2) is 0 Å². The van der Waals surface area contributed by atoms with Crippen LogP contribution in [0.1, 0.15) is 41.5 Å². The van der Waals surface area contributed by atoms with Gasteiger partial charge in [0.05, 0.1) is 35.8 Å². The van der Waals surface area contributed by atoms with E-state index in [1.54, 1.807) is 6.92 Å². The molecule has 35 heavy (non-hydrogen) atoms. The quantitative estimate of drug-likeness (QED) is 0.490. The van der Waals surface area contributed by atoms with Gasteiger partial charge in [-0.05, 0) is 30.5 Å². The highest BCUT2D eigenvalue weighted by Crippen LogP contribution is 2.37. The number of halogens is 6. The molecular formula is C22H20F6N6O. The van der Waals surface area contributed by atoms with Crippen molar-refractivity contribution < 1.29 is 31.1 Å². The standard InChI is InChI=1S/C22H20F6N6O/c1-13-9-21(24,25)12-33(17(13)4-5-19-29-10-14(11-30-19)22(26,27)28)20(35)16-8-15(23)2-3-18(16)34-31-6-7-32-34/h2-3,6-8,10-11,13,17H,4-5,9,12H2,1H3/t13-,17?/m1/s1. The van der Waals surface area contributed by atoms with E-state index in [0.717, 1.165) is 21.8 Å². The summed E-state index contributed by atoms with van der Waals surface area (Å²) in [5, 5.41) is 7.87. The van der Waals surface area contributed by atoms with E-state index in [2.05, 4.69) is 20.2 Å². The van der Waals surface area contributed by atoms with Crippen LogP contribution in [0, 0.1) is 11.7 Å². The molecule has 2 aromatic heterocycles. The van der Waals surface area contributed by atoms with Crippen LogP contribution in [0.15, 0.2) is 43.0 Å². The molecule has 1 amide bonds. The van der Waals surface area contributed by atoms with Gasteiger partial charge in [0.1, 0.15) is 11.6 Å². The number of hydrogen-bond donors (Lipinski definition) is 0. The topological polar surface area (TPSA) is 76.8 Å². The van der Waals surface area contributed by atoms with E-state index in [1.165, 1.54) is 18.5 Å². The lowest BCUT2D eigenvalue weighted by atomic mass is 9.85. The molecule has 4 rings (SSSR count). The molecule has 0 saturated carbocycles. The van der Waals surface area contributed by atoms with Crippen molar-refractivity contribution in [1.29, 1.82) is 0 Å². The fraction of sp³-hybridized carbons (Fsp3) is 0.409. The van der Waals surface area contributed by atoms with Gasteiger partial charge in [-0.3, -0.25) is 4.79 Å². The molecule has 0 N–H and O–H groups in total. The zero-order chi connectivity index (χ0) is 25.4. The number of amides is 1. The maximum atomic E-state index is 14.5. The Labute approximate surface area is 195 Å². The number of piperidine rings is 1. The minimum absolute atomic E-state index is 0.0548. The summed E-state index contributed by atoms with van der Waals surface area (Å²) in [6.07, 6.45) is -0.885. The van der Waals surface area contributed by atoms with Gasteiger partial charge in [-0.2, -0.15) is 28.2 Å². The van der Waals surface area contributed by atoms with Crippen molar-refractivity contribution >= 4 is 5.91 Å². The number of carbonyl (C=O) groups is 1. The third-order valence-corrected chi connectivity index (χ3v) is 5.86. The van der Waals surface area contributed by atoms with E-state index in [9.17, 15) is 31.1 Å². The number of nitrogens with zero attached hydrogens (tertiary/aromatic N) is 6. The molecule has 2 atom stereocenters. The molecule has 3 aromatic rings. The smallest absolute Gasteiger partial charge is 0.329 e. The number of alkyl halides is 5. The maximum Gasteiger partial charge on any atom is 0.419 e. The van der Waals surface area contributed by atoms with Crippen molar-refractivity contribution in [2.75, 3.05) is 6.54 Å². The second-order valence-electron chi connectivity index (χ2n) is 8.44. The van der Waals surface area contributed by atoms with Gasteiger partial charge in [0.2, 0.25) is 0 Å². The zero-order valence-electron chi connectivity index (χ0n) is 18.4. The van der Waals surface area contributed by atoms with E-state index >= 15 is 0 Å². The molecule has 13 heteroatoms. The van der Waals surface area contributed by atoms with Gasteiger partial charge in [-0.1, -0.05) is 6.92 Å². The van der Waals surface area contributed by atoms with Gasteiger partial charge < -0.3 is 4.90 Å². The van der Waals surface area contributed by atoms with Crippen LogP contribution in [0.3, 0.4) is 0 Å². The summed E-state index contributed by atoms with van der Waals surface area (Å²) in [5.74, 6) is -5.32. The van der Waals surface area contributed by atoms with Gasteiger partial charge in [-0.15, -0.1) is 0 Å². The summed E-state index contributed by atoms with van der Waals surface area (Å²) in [6, 6.07) is 2.60. The van der Waals surface area contributed by atoms with Crippen LogP contribution in [0.5, 0.6) is 0 Å². The van der Waals surface area contributed by atoms with Gasteiger partial charge >= 0.3 is 6.18 Å². The van der Waals surface area contributed by atoms with Crippen LogP contribution in [0.2, 0.25) is 0 Å². The second-order valence-corrected chi connectivity index (χ2v) is 8.44. The van der Waals surface area contributed by atoms with Crippen molar-refractivity contribution in [1.82, 2.24) is 29.9 Å². The largest absolute Gasteiger partial charge is 0.419 e. The normalized spacial score (nSPS) is 20.1. The molecule has 0 spiro atoms. The molecule has 186 valence electrons. The lowest BCUT2D eigenvalue weighted by Gasteiger charge is -2.43. The highest BCUT2D eigenvalue weighted by molar-refractivity contribution is 5.98. The Hall–Kier alpha value is -3.51. The first-order chi connectivity index (χ1) is 16.4. The maximum absolute atomic E-state index is 14.5. The first-order valence-electron chi connectivity index (χ1n) is 10.7. The predicted molar refractivity (Wildman–Crippen MR) is 110 cm³/mol. The van der Waals surface area contributed by atoms with E-state index in [4.69, 9.17) is 0 Å². The lowest BCUT2D eigenvalue weighted by Crippen LogP contribution is -2.55. The summed E-state index contributed by atoms with van der Waals surface area (Å²) in [7, 11) is 0. The fourth-order valence-corrected chi connectivity index (χ4v) is 4.26. The first kappa shape index (κ1) is 24.6. The van der Waals surface area contributed by atoms with Crippen molar-refractivity contribution in [2.45, 2.75) is 44.3 Å². The molecule has 0 aliphatic carbocycles. The number of aromatic nitrogens is 5. The molecule has 1 fully saturated rings. The Balaban J connectivity index is 1.61. The second kappa shape index (κ2) is 9.27. The summed E-state index contributed by atoms with van der Waals surface area (Å²) in [4.78, 5) is 23.0. The van der Waals surface area contributed by atoms with Gasteiger partial charge in [0, 0.05) is 31.3 Å². The molecule has 0 bridgehead atoms. The first-order valence-corrected chi connectivity index (χ1v) is 10.7. The van der Waals surface area contributed by atoms with Crippen LogP contribution in [0.25, 0.3) is 5.69 Å². The Bertz CT molecular complexity index is 1180. The number of likely N-dealkylation sites (tertiary alicyclic amines) is 1.